The summed E-state index contributed by atoms with van der Waals surface area (Å²) in [4.78, 5) is 10.2. The van der Waals surface area contributed by atoms with E-state index in [2.05, 4.69) is 14.5 Å². The van der Waals surface area contributed by atoms with Crippen molar-refractivity contribution in [1.82, 2.24) is 19.7 Å². The van der Waals surface area contributed by atoms with Crippen LogP contribution in [0.15, 0.2) is 99.6 Å². The Labute approximate surface area is 207 Å². The molecule has 184 valence electrons. The third-order valence-electron chi connectivity index (χ3n) is 4.94. The fraction of sp³-hybridized carbons (Fsp3) is 0.120. The molecule has 0 aliphatic rings. The molecule has 0 unspecified atom stereocenters. The molecule has 4 rings (SSSR count). The van der Waals surface area contributed by atoms with Gasteiger partial charge in [0.1, 0.15) is 11.2 Å². The standard InChI is InChI=1S/C25H22F2N6O2S/c1-32(2)17-30-36(34,35)22-13-21(15-28-24(22)20-14-29-33(16-20)25(26)27)31-23(18-9-5-3-6-10-18)19-11-7-4-8-12-19/h3-17,25H,1-2H3/b30-17-. The largest absolute Gasteiger partial charge is 0.368 e. The number of hydrogen-bond acceptors (Lipinski definition) is 5. The van der Waals surface area contributed by atoms with Gasteiger partial charge in [-0.3, -0.25) is 4.98 Å². The normalized spacial score (nSPS) is 11.7. The van der Waals surface area contributed by atoms with Gasteiger partial charge in [0.25, 0.3) is 10.0 Å². The quantitative estimate of drug-likeness (QED) is 0.252. The van der Waals surface area contributed by atoms with Crippen molar-refractivity contribution in [3.05, 3.63) is 96.4 Å². The van der Waals surface area contributed by atoms with Crippen LogP contribution in [0.25, 0.3) is 11.3 Å². The molecule has 2 aromatic carbocycles. The minimum Gasteiger partial charge on any atom is -0.368 e. The molecule has 2 heterocycles. The van der Waals surface area contributed by atoms with Crippen LogP contribution >= 0.6 is 0 Å². The van der Waals surface area contributed by atoms with E-state index in [1.807, 2.05) is 60.7 Å². The zero-order chi connectivity index (χ0) is 25.7. The Bertz CT molecular complexity index is 1460. The summed E-state index contributed by atoms with van der Waals surface area (Å²) in [6.07, 6.45) is 4.68. The third-order valence-corrected chi connectivity index (χ3v) is 6.18. The van der Waals surface area contributed by atoms with Crippen LogP contribution in [0, 0.1) is 0 Å². The fourth-order valence-corrected chi connectivity index (χ4v) is 4.42. The number of pyridine rings is 1. The summed E-state index contributed by atoms with van der Waals surface area (Å²) in [5.41, 5.74) is 2.55. The summed E-state index contributed by atoms with van der Waals surface area (Å²) in [6, 6.07) is 20.2. The second kappa shape index (κ2) is 10.6. The van der Waals surface area contributed by atoms with E-state index in [0.29, 0.717) is 10.4 Å². The lowest BCUT2D eigenvalue weighted by atomic mass is 10.0. The Morgan fingerprint density at radius 3 is 2.14 bits per heavy atom. The Morgan fingerprint density at radius 2 is 1.61 bits per heavy atom. The van der Waals surface area contributed by atoms with Gasteiger partial charge < -0.3 is 4.90 Å². The van der Waals surface area contributed by atoms with E-state index >= 15 is 0 Å². The molecular weight excluding hydrogens is 486 g/mol. The first kappa shape index (κ1) is 24.9. The van der Waals surface area contributed by atoms with Gasteiger partial charge in [-0.15, -0.1) is 4.40 Å². The molecule has 4 aromatic rings. The minimum atomic E-state index is -4.26. The van der Waals surface area contributed by atoms with Gasteiger partial charge in [-0.05, 0) is 6.07 Å². The van der Waals surface area contributed by atoms with Crippen LogP contribution in [0.1, 0.15) is 17.7 Å². The molecule has 36 heavy (non-hydrogen) atoms. The van der Waals surface area contributed by atoms with Gasteiger partial charge in [-0.1, -0.05) is 60.7 Å². The van der Waals surface area contributed by atoms with Crippen LogP contribution in [0.2, 0.25) is 0 Å². The number of benzene rings is 2. The second-order valence-corrected chi connectivity index (χ2v) is 9.48. The van der Waals surface area contributed by atoms with Crippen molar-refractivity contribution in [1.29, 1.82) is 0 Å². The number of hydrogen-bond donors (Lipinski definition) is 0. The Hall–Kier alpha value is -4.25. The zero-order valence-corrected chi connectivity index (χ0v) is 20.2. The van der Waals surface area contributed by atoms with Crippen molar-refractivity contribution in [2.45, 2.75) is 11.4 Å². The molecule has 8 nitrogen and oxygen atoms in total. The number of sulfonamides is 1. The van der Waals surface area contributed by atoms with E-state index in [9.17, 15) is 17.2 Å². The predicted molar refractivity (Wildman–Crippen MR) is 134 cm³/mol. The molecule has 0 bridgehead atoms. The SMILES string of the molecule is CN(C)/C=N\S(=O)(=O)c1cc(N=C(c2ccccc2)c2ccccc2)cnc1-c1cnn(C(F)F)c1. The van der Waals surface area contributed by atoms with E-state index in [-0.39, 0.29) is 21.8 Å². The molecule has 0 radical (unpaired) electrons. The highest BCUT2D eigenvalue weighted by atomic mass is 32.2. The van der Waals surface area contributed by atoms with Gasteiger partial charge in [-0.2, -0.15) is 22.3 Å². The Balaban J connectivity index is 1.90. The van der Waals surface area contributed by atoms with E-state index < -0.39 is 16.6 Å². The highest BCUT2D eigenvalue weighted by molar-refractivity contribution is 7.90. The number of alkyl halides is 2. The molecular formula is C25H22F2N6O2S. The first-order valence-corrected chi connectivity index (χ1v) is 12.2. The van der Waals surface area contributed by atoms with Gasteiger partial charge in [0.05, 0.1) is 29.5 Å². The first-order valence-electron chi connectivity index (χ1n) is 10.7. The molecule has 0 saturated carbocycles. The second-order valence-electron chi connectivity index (χ2n) is 7.88. The van der Waals surface area contributed by atoms with Crippen LogP contribution in [-0.4, -0.2) is 54.2 Å². The van der Waals surface area contributed by atoms with Crippen molar-refractivity contribution >= 4 is 27.8 Å². The van der Waals surface area contributed by atoms with Crippen molar-refractivity contribution in [2.24, 2.45) is 9.39 Å². The molecule has 2 aromatic heterocycles. The van der Waals surface area contributed by atoms with E-state index in [1.54, 1.807) is 14.1 Å². The molecule has 0 atom stereocenters. The Kier molecular flexibility index (Phi) is 7.30. The van der Waals surface area contributed by atoms with Gasteiger partial charge in [0, 0.05) is 37.0 Å². The van der Waals surface area contributed by atoms with E-state index in [1.165, 1.54) is 17.2 Å². The van der Waals surface area contributed by atoms with E-state index in [4.69, 9.17) is 4.99 Å². The van der Waals surface area contributed by atoms with E-state index in [0.717, 1.165) is 29.9 Å². The lowest BCUT2D eigenvalue weighted by molar-refractivity contribution is 0.0566. The first-order chi connectivity index (χ1) is 17.2. The van der Waals surface area contributed by atoms with Crippen molar-refractivity contribution < 1.29 is 17.2 Å². The topological polar surface area (TPSA) is 92.8 Å². The van der Waals surface area contributed by atoms with Crippen molar-refractivity contribution in [2.75, 3.05) is 14.1 Å². The summed E-state index contributed by atoms with van der Waals surface area (Å²) >= 11 is 0. The van der Waals surface area contributed by atoms with Gasteiger partial charge in [-0.25, -0.2) is 9.67 Å². The fourth-order valence-electron chi connectivity index (χ4n) is 3.31. The smallest absolute Gasteiger partial charge is 0.333 e. The van der Waals surface area contributed by atoms with Gasteiger partial charge in [0.2, 0.25) is 0 Å². The van der Waals surface area contributed by atoms with Crippen LogP contribution < -0.4 is 0 Å². The van der Waals surface area contributed by atoms with Gasteiger partial charge in [0.15, 0.2) is 0 Å². The molecule has 0 saturated heterocycles. The summed E-state index contributed by atoms with van der Waals surface area (Å²) in [5, 5.41) is 3.60. The maximum atomic E-state index is 13.2. The highest BCUT2D eigenvalue weighted by Gasteiger charge is 2.23. The Morgan fingerprint density at radius 1 is 1.00 bits per heavy atom. The number of halogens is 2. The maximum Gasteiger partial charge on any atom is 0.333 e. The number of rotatable bonds is 8. The lowest BCUT2D eigenvalue weighted by Gasteiger charge is -2.10. The molecule has 0 aliphatic heterocycles. The lowest BCUT2D eigenvalue weighted by Crippen LogP contribution is -2.11. The average Bonchev–Trinajstić information content (AvgIpc) is 3.38. The zero-order valence-electron chi connectivity index (χ0n) is 19.4. The average molecular weight is 509 g/mol. The monoisotopic (exact) mass is 508 g/mol. The molecule has 0 spiro atoms. The highest BCUT2D eigenvalue weighted by Crippen LogP contribution is 2.31. The predicted octanol–water partition coefficient (Wildman–Crippen LogP) is 4.79. The van der Waals surface area contributed by atoms with Crippen molar-refractivity contribution in [3.8, 4) is 11.3 Å². The number of nitrogens with zero attached hydrogens (tertiary/aromatic N) is 6. The summed E-state index contributed by atoms with van der Waals surface area (Å²) in [7, 11) is -1.02. The number of aliphatic imine (C=N–C) groups is 1. The molecule has 0 amide bonds. The van der Waals surface area contributed by atoms with Crippen LogP contribution in [0.4, 0.5) is 14.5 Å². The van der Waals surface area contributed by atoms with Crippen molar-refractivity contribution in [3.63, 3.8) is 0 Å². The van der Waals surface area contributed by atoms with Crippen LogP contribution in [-0.2, 0) is 10.0 Å². The minimum absolute atomic E-state index is 0.0577. The molecule has 0 fully saturated rings. The number of aromatic nitrogens is 3. The molecule has 11 heteroatoms. The maximum absolute atomic E-state index is 13.2. The van der Waals surface area contributed by atoms with Crippen LogP contribution in [0.3, 0.4) is 0 Å². The summed E-state index contributed by atoms with van der Waals surface area (Å²) < 4.78 is 56.6. The van der Waals surface area contributed by atoms with Crippen LogP contribution in [0.5, 0.6) is 0 Å². The summed E-state index contributed by atoms with van der Waals surface area (Å²) in [6.45, 7) is -2.88. The molecule has 0 aliphatic carbocycles. The molecule has 0 N–H and O–H groups in total. The summed E-state index contributed by atoms with van der Waals surface area (Å²) in [5.74, 6) is 0. The van der Waals surface area contributed by atoms with Gasteiger partial charge >= 0.3 is 6.55 Å². The third kappa shape index (κ3) is 5.69.